The van der Waals surface area contributed by atoms with E-state index in [-0.39, 0.29) is 0 Å². The van der Waals surface area contributed by atoms with E-state index in [9.17, 15) is 5.11 Å². The van der Waals surface area contributed by atoms with E-state index in [0.29, 0.717) is 6.54 Å². The van der Waals surface area contributed by atoms with E-state index >= 15 is 0 Å². The Bertz CT molecular complexity index is 768. The molecule has 0 unspecified atom stereocenters. The average Bonchev–Trinajstić information content (AvgIpc) is 2.65. The van der Waals surface area contributed by atoms with Gasteiger partial charge in [0.25, 0.3) is 0 Å². The summed E-state index contributed by atoms with van der Waals surface area (Å²) in [6.45, 7) is 3.32. The van der Waals surface area contributed by atoms with Gasteiger partial charge in [0.05, 0.1) is 0 Å². The van der Waals surface area contributed by atoms with Crippen LogP contribution >= 0.6 is 0 Å². The highest BCUT2D eigenvalue weighted by Crippen LogP contribution is 2.31. The molecule has 124 valence electrons. The van der Waals surface area contributed by atoms with Crippen LogP contribution in [0, 0.1) is 0 Å². The van der Waals surface area contributed by atoms with Crippen molar-refractivity contribution in [1.82, 2.24) is 5.32 Å². The summed E-state index contributed by atoms with van der Waals surface area (Å²) in [6, 6.07) is 24.0. The van der Waals surface area contributed by atoms with Crippen LogP contribution in [0.2, 0.25) is 0 Å². The summed E-state index contributed by atoms with van der Waals surface area (Å²) in [5, 5.41) is 16.0. The molecule has 0 aliphatic rings. The Labute approximate surface area is 142 Å². The number of likely N-dealkylation sites (N-methyl/N-ethyl adjacent to an activating group) is 1. The second-order valence-electron chi connectivity index (χ2n) is 5.80. The third-order valence-corrected chi connectivity index (χ3v) is 4.08. The molecular formula is C21H23NO2. The molecule has 3 nitrogen and oxygen atoms in total. The second-order valence-corrected chi connectivity index (χ2v) is 5.80. The molecule has 0 bridgehead atoms. The molecule has 0 aliphatic heterocycles. The molecule has 0 saturated carbocycles. The van der Waals surface area contributed by atoms with Crippen molar-refractivity contribution >= 4 is 10.8 Å². The number of hydrogen-bond donors (Lipinski definition) is 2. The van der Waals surface area contributed by atoms with Gasteiger partial charge in [0, 0.05) is 11.9 Å². The third kappa shape index (κ3) is 3.75. The molecular weight excluding hydrogens is 298 g/mol. The van der Waals surface area contributed by atoms with Crippen molar-refractivity contribution < 1.29 is 9.84 Å². The van der Waals surface area contributed by atoms with Crippen molar-refractivity contribution in [2.75, 3.05) is 13.1 Å². The molecule has 0 aromatic heterocycles. The van der Waals surface area contributed by atoms with Gasteiger partial charge in [-0.25, -0.2) is 0 Å². The van der Waals surface area contributed by atoms with Gasteiger partial charge in [-0.05, 0) is 23.6 Å². The molecule has 0 saturated heterocycles. The predicted molar refractivity (Wildman–Crippen MR) is 98.3 cm³/mol. The summed E-state index contributed by atoms with van der Waals surface area (Å²) in [5.41, 5.74) is 0.968. The van der Waals surface area contributed by atoms with Gasteiger partial charge in [-0.3, -0.25) is 0 Å². The third-order valence-electron chi connectivity index (χ3n) is 4.08. The monoisotopic (exact) mass is 321 g/mol. The van der Waals surface area contributed by atoms with Gasteiger partial charge < -0.3 is 15.2 Å². The maximum absolute atomic E-state index is 10.6. The summed E-state index contributed by atoms with van der Waals surface area (Å²) in [7, 11) is 0. The zero-order valence-electron chi connectivity index (χ0n) is 13.9. The van der Waals surface area contributed by atoms with E-state index < -0.39 is 12.2 Å². The Kier molecular flexibility index (Phi) is 5.47. The van der Waals surface area contributed by atoms with Crippen molar-refractivity contribution in [3.8, 4) is 5.75 Å². The van der Waals surface area contributed by atoms with Crippen LogP contribution in [0.5, 0.6) is 5.75 Å². The number of benzene rings is 3. The summed E-state index contributed by atoms with van der Waals surface area (Å²) in [4.78, 5) is 0. The fraction of sp³-hybridized carbons (Fsp3) is 0.238. The minimum atomic E-state index is -0.633. The summed E-state index contributed by atoms with van der Waals surface area (Å²) in [5.74, 6) is 0.789. The fourth-order valence-electron chi connectivity index (χ4n) is 2.85. The number of aliphatic hydroxyl groups is 1. The van der Waals surface area contributed by atoms with Gasteiger partial charge in [-0.1, -0.05) is 73.7 Å². The van der Waals surface area contributed by atoms with Crippen molar-refractivity contribution in [3.63, 3.8) is 0 Å². The van der Waals surface area contributed by atoms with Crippen LogP contribution in [0.4, 0.5) is 0 Å². The standard InChI is InChI=1S/C21H23NO2/c1-2-22-15-19(23)21(17-10-4-3-5-11-17)24-20-14-8-12-16-9-6-7-13-18(16)20/h3-14,19,21-23H,2,15H2,1H3/t19-,21+/m0/s1. The lowest BCUT2D eigenvalue weighted by molar-refractivity contribution is 0.0370. The Balaban J connectivity index is 1.93. The SMILES string of the molecule is CCNC[C@H](O)[C@H](Oc1cccc2ccccc12)c1ccccc1. The summed E-state index contributed by atoms with van der Waals surface area (Å²) in [6.07, 6.45) is -1.05. The van der Waals surface area contributed by atoms with Crippen molar-refractivity contribution in [2.45, 2.75) is 19.1 Å². The molecule has 2 N–H and O–H groups in total. The van der Waals surface area contributed by atoms with Crippen LogP contribution in [0.25, 0.3) is 10.8 Å². The highest BCUT2D eigenvalue weighted by Gasteiger charge is 2.23. The first-order chi connectivity index (χ1) is 11.8. The van der Waals surface area contributed by atoms with E-state index in [1.165, 1.54) is 0 Å². The normalized spacial score (nSPS) is 13.6. The van der Waals surface area contributed by atoms with Gasteiger partial charge >= 0.3 is 0 Å². The lowest BCUT2D eigenvalue weighted by Gasteiger charge is -2.25. The van der Waals surface area contributed by atoms with Crippen LogP contribution in [-0.4, -0.2) is 24.3 Å². The van der Waals surface area contributed by atoms with Crippen LogP contribution < -0.4 is 10.1 Å². The highest BCUT2D eigenvalue weighted by atomic mass is 16.5. The average molecular weight is 321 g/mol. The molecule has 3 heteroatoms. The molecule has 0 fully saturated rings. The molecule has 0 amide bonds. The Morgan fingerprint density at radius 3 is 2.42 bits per heavy atom. The molecule has 2 atom stereocenters. The van der Waals surface area contributed by atoms with Gasteiger partial charge in [0.2, 0.25) is 0 Å². The van der Waals surface area contributed by atoms with E-state index in [4.69, 9.17) is 4.74 Å². The zero-order valence-corrected chi connectivity index (χ0v) is 13.9. The van der Waals surface area contributed by atoms with Crippen molar-refractivity contribution in [2.24, 2.45) is 0 Å². The first-order valence-electron chi connectivity index (χ1n) is 8.37. The lowest BCUT2D eigenvalue weighted by atomic mass is 10.0. The van der Waals surface area contributed by atoms with E-state index in [1.54, 1.807) is 0 Å². The first kappa shape index (κ1) is 16.5. The van der Waals surface area contributed by atoms with Crippen LogP contribution in [0.3, 0.4) is 0 Å². The number of nitrogens with one attached hydrogen (secondary N) is 1. The fourth-order valence-corrected chi connectivity index (χ4v) is 2.85. The molecule has 24 heavy (non-hydrogen) atoms. The number of ether oxygens (including phenoxy) is 1. The number of fused-ring (bicyclic) bond motifs is 1. The number of hydrogen-bond acceptors (Lipinski definition) is 3. The van der Waals surface area contributed by atoms with Crippen LogP contribution in [0.1, 0.15) is 18.6 Å². The minimum Gasteiger partial charge on any atom is -0.482 e. The summed E-state index contributed by atoms with van der Waals surface area (Å²) >= 11 is 0. The number of aliphatic hydroxyl groups excluding tert-OH is 1. The van der Waals surface area contributed by atoms with Gasteiger partial charge in [0.15, 0.2) is 6.10 Å². The lowest BCUT2D eigenvalue weighted by Crippen LogP contribution is -2.34. The molecule has 0 spiro atoms. The maximum Gasteiger partial charge on any atom is 0.151 e. The van der Waals surface area contributed by atoms with Gasteiger partial charge in [-0.2, -0.15) is 0 Å². The van der Waals surface area contributed by atoms with Crippen LogP contribution in [0.15, 0.2) is 72.8 Å². The van der Waals surface area contributed by atoms with E-state index in [1.807, 2.05) is 67.6 Å². The molecule has 0 heterocycles. The smallest absolute Gasteiger partial charge is 0.151 e. The van der Waals surface area contributed by atoms with Crippen molar-refractivity contribution in [1.29, 1.82) is 0 Å². The molecule has 3 aromatic rings. The van der Waals surface area contributed by atoms with Gasteiger partial charge in [-0.15, -0.1) is 0 Å². The van der Waals surface area contributed by atoms with E-state index in [2.05, 4.69) is 17.4 Å². The maximum atomic E-state index is 10.6. The molecule has 0 radical (unpaired) electrons. The Morgan fingerprint density at radius 1 is 0.917 bits per heavy atom. The molecule has 3 aromatic carbocycles. The summed E-state index contributed by atoms with van der Waals surface area (Å²) < 4.78 is 6.28. The molecule has 3 rings (SSSR count). The number of rotatable bonds is 7. The second kappa shape index (κ2) is 7.95. The predicted octanol–water partition coefficient (Wildman–Crippen LogP) is 3.93. The highest BCUT2D eigenvalue weighted by molar-refractivity contribution is 5.88. The van der Waals surface area contributed by atoms with Gasteiger partial charge in [0.1, 0.15) is 11.9 Å². The van der Waals surface area contributed by atoms with E-state index in [0.717, 1.165) is 28.6 Å². The topological polar surface area (TPSA) is 41.5 Å². The van der Waals surface area contributed by atoms with Crippen LogP contribution in [-0.2, 0) is 0 Å². The molecule has 0 aliphatic carbocycles. The van der Waals surface area contributed by atoms with Crippen molar-refractivity contribution in [3.05, 3.63) is 78.4 Å². The minimum absolute atomic E-state index is 0.420. The first-order valence-corrected chi connectivity index (χ1v) is 8.37. The quantitative estimate of drug-likeness (QED) is 0.693. The largest absolute Gasteiger partial charge is 0.482 e. The zero-order chi connectivity index (χ0) is 16.8. The Hall–Kier alpha value is -2.36. The Morgan fingerprint density at radius 2 is 1.62 bits per heavy atom.